The van der Waals surface area contributed by atoms with Crippen LogP contribution in [0.4, 0.5) is 0 Å². The highest BCUT2D eigenvalue weighted by atomic mass is 16.2. The second kappa shape index (κ2) is 5.74. The van der Waals surface area contributed by atoms with Crippen LogP contribution in [-0.2, 0) is 4.79 Å². The number of nitrogens with zero attached hydrogens (tertiary/aromatic N) is 1. The molecule has 3 nitrogen and oxygen atoms in total. The molecule has 102 valence electrons. The molecular weight excluding hydrogens is 236 g/mol. The lowest BCUT2D eigenvalue weighted by Crippen LogP contribution is -2.48. The summed E-state index contributed by atoms with van der Waals surface area (Å²) < 4.78 is 0. The van der Waals surface area contributed by atoms with Crippen molar-refractivity contribution >= 4 is 5.91 Å². The number of amides is 1. The van der Waals surface area contributed by atoms with Crippen molar-refractivity contribution in [2.45, 2.75) is 44.2 Å². The molecule has 2 atom stereocenters. The minimum Gasteiger partial charge on any atom is -0.334 e. The Kier molecular flexibility index (Phi) is 3.83. The van der Waals surface area contributed by atoms with Gasteiger partial charge in [0.1, 0.15) is 0 Å². The second-order valence-corrected chi connectivity index (χ2v) is 5.60. The Morgan fingerprint density at radius 2 is 1.95 bits per heavy atom. The Hall–Kier alpha value is -1.35. The molecule has 1 unspecified atom stereocenters. The number of hydrogen-bond donors (Lipinski definition) is 1. The van der Waals surface area contributed by atoms with Crippen molar-refractivity contribution in [3.05, 3.63) is 35.9 Å². The fourth-order valence-corrected chi connectivity index (χ4v) is 3.32. The Bertz CT molecular complexity index is 426. The minimum atomic E-state index is 0.0538. The molecule has 1 aromatic carbocycles. The monoisotopic (exact) mass is 258 g/mol. The van der Waals surface area contributed by atoms with Crippen molar-refractivity contribution in [2.24, 2.45) is 0 Å². The number of rotatable bonds is 2. The van der Waals surface area contributed by atoms with E-state index in [0.29, 0.717) is 5.91 Å². The zero-order chi connectivity index (χ0) is 13.1. The molecule has 1 aromatic rings. The predicted octanol–water partition coefficient (Wildman–Crippen LogP) is 2.49. The van der Waals surface area contributed by atoms with Crippen LogP contribution in [0, 0.1) is 0 Å². The van der Waals surface area contributed by atoms with E-state index in [1.165, 1.54) is 18.4 Å². The van der Waals surface area contributed by atoms with Crippen LogP contribution < -0.4 is 5.32 Å². The molecule has 3 rings (SSSR count). The van der Waals surface area contributed by atoms with E-state index in [-0.39, 0.29) is 12.1 Å². The summed E-state index contributed by atoms with van der Waals surface area (Å²) in [5, 5.41) is 3.38. The molecule has 0 radical (unpaired) electrons. The van der Waals surface area contributed by atoms with Crippen LogP contribution in [0.15, 0.2) is 30.3 Å². The van der Waals surface area contributed by atoms with Gasteiger partial charge in [0.25, 0.3) is 0 Å². The summed E-state index contributed by atoms with van der Waals surface area (Å²) in [6, 6.07) is 10.8. The molecule has 2 aliphatic rings. The Balaban J connectivity index is 1.74. The van der Waals surface area contributed by atoms with Crippen LogP contribution in [0.5, 0.6) is 0 Å². The first-order chi connectivity index (χ1) is 9.36. The van der Waals surface area contributed by atoms with Crippen molar-refractivity contribution in [2.75, 3.05) is 13.1 Å². The van der Waals surface area contributed by atoms with E-state index in [0.717, 1.165) is 32.4 Å². The van der Waals surface area contributed by atoms with Crippen LogP contribution in [-0.4, -0.2) is 29.9 Å². The number of carbonyl (C=O) groups excluding carboxylic acids is 1. The van der Waals surface area contributed by atoms with Gasteiger partial charge in [-0.1, -0.05) is 36.8 Å². The SMILES string of the molecule is O=C([C@H]1CCCCN1)N1CCCC1c1ccccc1. The maximum Gasteiger partial charge on any atom is 0.240 e. The Labute approximate surface area is 115 Å². The van der Waals surface area contributed by atoms with Gasteiger partial charge >= 0.3 is 0 Å². The van der Waals surface area contributed by atoms with Gasteiger partial charge in [-0.05, 0) is 37.8 Å². The zero-order valence-corrected chi connectivity index (χ0v) is 11.3. The summed E-state index contributed by atoms with van der Waals surface area (Å²) in [4.78, 5) is 14.7. The Morgan fingerprint density at radius 3 is 2.68 bits per heavy atom. The van der Waals surface area contributed by atoms with Crippen molar-refractivity contribution in [1.29, 1.82) is 0 Å². The summed E-state index contributed by atoms with van der Waals surface area (Å²) in [5.41, 5.74) is 1.28. The van der Waals surface area contributed by atoms with Crippen molar-refractivity contribution < 1.29 is 4.79 Å². The molecule has 0 aliphatic carbocycles. The van der Waals surface area contributed by atoms with Gasteiger partial charge in [-0.3, -0.25) is 4.79 Å². The molecule has 2 aliphatic heterocycles. The first kappa shape index (κ1) is 12.7. The molecule has 0 spiro atoms. The van der Waals surface area contributed by atoms with Crippen molar-refractivity contribution in [3.63, 3.8) is 0 Å². The molecule has 1 amide bonds. The first-order valence-electron chi connectivity index (χ1n) is 7.45. The fourth-order valence-electron chi connectivity index (χ4n) is 3.32. The van der Waals surface area contributed by atoms with E-state index < -0.39 is 0 Å². The molecule has 2 fully saturated rings. The molecular formula is C16H22N2O. The topological polar surface area (TPSA) is 32.3 Å². The van der Waals surface area contributed by atoms with E-state index in [1.54, 1.807) is 0 Å². The molecule has 19 heavy (non-hydrogen) atoms. The molecule has 1 N–H and O–H groups in total. The molecule has 2 heterocycles. The summed E-state index contributed by atoms with van der Waals surface area (Å²) in [7, 11) is 0. The second-order valence-electron chi connectivity index (χ2n) is 5.60. The third-order valence-electron chi connectivity index (χ3n) is 4.33. The third kappa shape index (κ3) is 2.66. The van der Waals surface area contributed by atoms with Gasteiger partial charge in [-0.2, -0.15) is 0 Å². The third-order valence-corrected chi connectivity index (χ3v) is 4.33. The summed E-state index contributed by atoms with van der Waals surface area (Å²) >= 11 is 0. The number of piperidine rings is 1. The zero-order valence-electron chi connectivity index (χ0n) is 11.3. The van der Waals surface area contributed by atoms with Gasteiger partial charge in [0, 0.05) is 6.54 Å². The summed E-state index contributed by atoms with van der Waals surface area (Å²) in [6.07, 6.45) is 5.59. The Morgan fingerprint density at radius 1 is 1.11 bits per heavy atom. The average molecular weight is 258 g/mol. The van der Waals surface area contributed by atoms with Gasteiger partial charge in [0.2, 0.25) is 5.91 Å². The number of benzene rings is 1. The van der Waals surface area contributed by atoms with Crippen LogP contribution in [0.3, 0.4) is 0 Å². The predicted molar refractivity (Wildman–Crippen MR) is 75.8 cm³/mol. The minimum absolute atomic E-state index is 0.0538. The number of hydrogen-bond acceptors (Lipinski definition) is 2. The maximum atomic E-state index is 12.6. The van der Waals surface area contributed by atoms with E-state index >= 15 is 0 Å². The number of likely N-dealkylation sites (tertiary alicyclic amines) is 1. The van der Waals surface area contributed by atoms with Crippen molar-refractivity contribution in [1.82, 2.24) is 10.2 Å². The number of carbonyl (C=O) groups is 1. The lowest BCUT2D eigenvalue weighted by molar-refractivity contribution is -0.135. The standard InChI is InChI=1S/C16H22N2O/c19-16(14-9-4-5-11-17-14)18-12-6-10-15(18)13-7-2-1-3-8-13/h1-3,7-8,14-15,17H,4-6,9-12H2/t14-,15?/m1/s1. The fraction of sp³-hybridized carbons (Fsp3) is 0.562. The number of nitrogens with one attached hydrogen (secondary N) is 1. The van der Waals surface area contributed by atoms with Gasteiger partial charge in [-0.15, -0.1) is 0 Å². The lowest BCUT2D eigenvalue weighted by Gasteiger charge is -2.31. The maximum absolute atomic E-state index is 12.6. The summed E-state index contributed by atoms with van der Waals surface area (Å²) in [5.74, 6) is 0.311. The highest BCUT2D eigenvalue weighted by Crippen LogP contribution is 2.32. The van der Waals surface area contributed by atoms with E-state index in [2.05, 4.69) is 34.5 Å². The highest BCUT2D eigenvalue weighted by molar-refractivity contribution is 5.82. The first-order valence-corrected chi connectivity index (χ1v) is 7.45. The molecule has 0 saturated carbocycles. The highest BCUT2D eigenvalue weighted by Gasteiger charge is 2.34. The molecule has 2 saturated heterocycles. The van der Waals surface area contributed by atoms with Gasteiger partial charge in [0.15, 0.2) is 0 Å². The van der Waals surface area contributed by atoms with E-state index in [4.69, 9.17) is 0 Å². The van der Waals surface area contributed by atoms with Crippen LogP contribution in [0.25, 0.3) is 0 Å². The summed E-state index contributed by atoms with van der Waals surface area (Å²) in [6.45, 7) is 1.90. The average Bonchev–Trinajstić information content (AvgIpc) is 2.98. The normalized spacial score (nSPS) is 27.5. The van der Waals surface area contributed by atoms with Crippen LogP contribution in [0.1, 0.15) is 43.7 Å². The van der Waals surface area contributed by atoms with E-state index in [1.807, 2.05) is 6.07 Å². The molecule has 3 heteroatoms. The van der Waals surface area contributed by atoms with Gasteiger partial charge in [-0.25, -0.2) is 0 Å². The quantitative estimate of drug-likeness (QED) is 0.884. The smallest absolute Gasteiger partial charge is 0.240 e. The molecule has 0 bridgehead atoms. The van der Waals surface area contributed by atoms with Gasteiger partial charge in [0.05, 0.1) is 12.1 Å². The molecule has 0 aromatic heterocycles. The van der Waals surface area contributed by atoms with Crippen molar-refractivity contribution in [3.8, 4) is 0 Å². The van der Waals surface area contributed by atoms with Gasteiger partial charge < -0.3 is 10.2 Å². The van der Waals surface area contributed by atoms with Crippen LogP contribution in [0.2, 0.25) is 0 Å². The lowest BCUT2D eigenvalue weighted by atomic mass is 10.0. The van der Waals surface area contributed by atoms with E-state index in [9.17, 15) is 4.79 Å². The van der Waals surface area contributed by atoms with Crippen LogP contribution >= 0.6 is 0 Å². The largest absolute Gasteiger partial charge is 0.334 e.